The Morgan fingerprint density at radius 3 is 2.58 bits per heavy atom. The van der Waals surface area contributed by atoms with Crippen LogP contribution in [0.1, 0.15) is 11.4 Å². The van der Waals surface area contributed by atoms with Crippen molar-refractivity contribution in [2.24, 2.45) is 0 Å². The summed E-state index contributed by atoms with van der Waals surface area (Å²) in [7, 11) is -0.459. The first-order valence-corrected chi connectivity index (χ1v) is 8.94. The van der Waals surface area contributed by atoms with Crippen LogP contribution in [-0.2, 0) is 23.2 Å². The number of fused-ring (bicyclic) bond motifs is 1. The molecule has 2 aromatic carbocycles. The van der Waals surface area contributed by atoms with Crippen LogP contribution in [0.25, 0.3) is 11.0 Å². The van der Waals surface area contributed by atoms with Crippen LogP contribution in [0.5, 0.6) is 0 Å². The molecule has 7 heteroatoms. The molecule has 0 bridgehead atoms. The van der Waals surface area contributed by atoms with E-state index in [0.29, 0.717) is 12.4 Å². The van der Waals surface area contributed by atoms with Crippen LogP contribution in [-0.4, -0.2) is 41.5 Å². The highest BCUT2D eigenvalue weighted by Crippen LogP contribution is 2.20. The number of nitrogens with zero attached hydrogens (tertiary/aromatic N) is 3. The first kappa shape index (κ1) is 16.6. The zero-order valence-electron chi connectivity index (χ0n) is 13.5. The van der Waals surface area contributed by atoms with Gasteiger partial charge in [-0.15, -0.1) is 0 Å². The van der Waals surface area contributed by atoms with Crippen molar-refractivity contribution in [3.63, 3.8) is 0 Å². The van der Waals surface area contributed by atoms with E-state index in [1.54, 1.807) is 18.2 Å². The van der Waals surface area contributed by atoms with Crippen LogP contribution in [0.15, 0.2) is 53.4 Å². The molecule has 126 valence electrons. The van der Waals surface area contributed by atoms with Crippen molar-refractivity contribution in [1.82, 2.24) is 13.9 Å². The quantitative estimate of drug-likeness (QED) is 0.765. The zero-order valence-corrected chi connectivity index (χ0v) is 14.4. The molecule has 1 aromatic heterocycles. The highest BCUT2D eigenvalue weighted by atomic mass is 32.2. The Kier molecular flexibility index (Phi) is 4.40. The van der Waals surface area contributed by atoms with Crippen molar-refractivity contribution in [2.45, 2.75) is 18.0 Å². The van der Waals surface area contributed by atoms with E-state index in [1.165, 1.54) is 18.4 Å². The minimum Gasteiger partial charge on any atom is -0.388 e. The lowest BCUT2D eigenvalue weighted by atomic mass is 10.2. The molecule has 3 aromatic rings. The summed E-state index contributed by atoms with van der Waals surface area (Å²) < 4.78 is 27.7. The van der Waals surface area contributed by atoms with Gasteiger partial charge in [0.05, 0.1) is 15.9 Å². The molecule has 1 heterocycles. The lowest BCUT2D eigenvalue weighted by Gasteiger charge is -2.13. The summed E-state index contributed by atoms with van der Waals surface area (Å²) in [5, 5.41) is 9.57. The molecule has 0 radical (unpaired) electrons. The molecule has 0 saturated carbocycles. The Balaban J connectivity index is 2.04. The number of aliphatic hydroxyl groups is 1. The third kappa shape index (κ3) is 2.93. The van der Waals surface area contributed by atoms with Gasteiger partial charge in [-0.2, -0.15) is 0 Å². The van der Waals surface area contributed by atoms with Crippen LogP contribution >= 0.6 is 0 Å². The highest BCUT2D eigenvalue weighted by Gasteiger charge is 2.18. The Morgan fingerprint density at radius 2 is 1.88 bits per heavy atom. The first-order chi connectivity index (χ1) is 11.4. The molecule has 0 saturated heterocycles. The van der Waals surface area contributed by atoms with Crippen LogP contribution in [0.3, 0.4) is 0 Å². The predicted octanol–water partition coefficient (Wildman–Crippen LogP) is 1.83. The molecule has 0 fully saturated rings. The van der Waals surface area contributed by atoms with Gasteiger partial charge in [0.1, 0.15) is 12.4 Å². The van der Waals surface area contributed by atoms with E-state index < -0.39 is 10.0 Å². The van der Waals surface area contributed by atoms with Crippen molar-refractivity contribution in [3.8, 4) is 0 Å². The Bertz CT molecular complexity index is 978. The molecule has 0 atom stereocenters. The lowest BCUT2D eigenvalue weighted by Crippen LogP contribution is -2.22. The fraction of sp³-hybridized carbons (Fsp3) is 0.235. The summed E-state index contributed by atoms with van der Waals surface area (Å²) in [5.74, 6) is 0.553. The van der Waals surface area contributed by atoms with E-state index in [-0.39, 0.29) is 11.5 Å². The van der Waals surface area contributed by atoms with Gasteiger partial charge in [-0.3, -0.25) is 0 Å². The molecule has 0 aliphatic heterocycles. The van der Waals surface area contributed by atoms with Gasteiger partial charge in [0.25, 0.3) is 0 Å². The van der Waals surface area contributed by atoms with Crippen molar-refractivity contribution >= 4 is 21.1 Å². The van der Waals surface area contributed by atoms with Crippen LogP contribution in [0.2, 0.25) is 0 Å². The maximum atomic E-state index is 12.3. The van der Waals surface area contributed by atoms with E-state index in [2.05, 4.69) is 4.98 Å². The van der Waals surface area contributed by atoms with Gasteiger partial charge in [0, 0.05) is 20.6 Å². The predicted molar refractivity (Wildman–Crippen MR) is 92.1 cm³/mol. The fourth-order valence-electron chi connectivity index (χ4n) is 2.62. The van der Waals surface area contributed by atoms with Gasteiger partial charge in [0.15, 0.2) is 0 Å². The number of para-hydroxylation sites is 2. The number of hydrogen-bond acceptors (Lipinski definition) is 4. The molecule has 1 N–H and O–H groups in total. The average Bonchev–Trinajstić information content (AvgIpc) is 2.93. The summed E-state index contributed by atoms with van der Waals surface area (Å²) in [4.78, 5) is 4.66. The maximum Gasteiger partial charge on any atom is 0.242 e. The normalized spacial score (nSPS) is 12.2. The monoisotopic (exact) mass is 345 g/mol. The molecule has 0 amide bonds. The second kappa shape index (κ2) is 6.35. The van der Waals surface area contributed by atoms with Gasteiger partial charge in [-0.25, -0.2) is 17.7 Å². The van der Waals surface area contributed by atoms with Crippen molar-refractivity contribution in [1.29, 1.82) is 0 Å². The standard InChI is InChI=1S/C17H19N3O3S/c1-19(2)24(22,23)14-7-5-6-13(10-14)11-20-16-9-4-3-8-15(16)18-17(20)12-21/h3-10,21H,11-12H2,1-2H3. The number of sulfonamides is 1. The number of rotatable bonds is 5. The second-order valence-corrected chi connectivity index (χ2v) is 7.85. The van der Waals surface area contributed by atoms with Crippen LogP contribution < -0.4 is 0 Å². The van der Waals surface area contributed by atoms with Crippen molar-refractivity contribution < 1.29 is 13.5 Å². The van der Waals surface area contributed by atoms with Crippen molar-refractivity contribution in [2.75, 3.05) is 14.1 Å². The third-order valence-electron chi connectivity index (χ3n) is 3.89. The maximum absolute atomic E-state index is 12.3. The minimum atomic E-state index is -3.48. The van der Waals surface area contributed by atoms with E-state index >= 15 is 0 Å². The largest absolute Gasteiger partial charge is 0.388 e. The second-order valence-electron chi connectivity index (χ2n) is 5.70. The average molecular weight is 345 g/mol. The van der Waals surface area contributed by atoms with Gasteiger partial charge >= 0.3 is 0 Å². The molecule has 0 spiro atoms. The minimum absolute atomic E-state index is 0.176. The summed E-state index contributed by atoms with van der Waals surface area (Å²) in [6.45, 7) is 0.261. The number of hydrogen-bond donors (Lipinski definition) is 1. The molecule has 0 unspecified atom stereocenters. The van der Waals surface area contributed by atoms with E-state index in [0.717, 1.165) is 16.6 Å². The Hall–Kier alpha value is -2.22. The third-order valence-corrected chi connectivity index (χ3v) is 5.70. The Morgan fingerprint density at radius 1 is 1.12 bits per heavy atom. The van der Waals surface area contributed by atoms with Gasteiger partial charge in [-0.1, -0.05) is 24.3 Å². The highest BCUT2D eigenvalue weighted by molar-refractivity contribution is 7.89. The van der Waals surface area contributed by atoms with Crippen LogP contribution in [0, 0.1) is 0 Å². The van der Waals surface area contributed by atoms with Gasteiger partial charge < -0.3 is 9.67 Å². The SMILES string of the molecule is CN(C)S(=O)(=O)c1cccc(Cn2c(CO)nc3ccccc32)c1. The summed E-state index contributed by atoms with van der Waals surface area (Å²) in [5.41, 5.74) is 2.54. The summed E-state index contributed by atoms with van der Waals surface area (Å²) in [6.07, 6.45) is 0. The zero-order chi connectivity index (χ0) is 17.3. The molecular weight excluding hydrogens is 326 g/mol. The topological polar surface area (TPSA) is 75.4 Å². The van der Waals surface area contributed by atoms with Crippen LogP contribution in [0.4, 0.5) is 0 Å². The van der Waals surface area contributed by atoms with E-state index in [4.69, 9.17) is 0 Å². The van der Waals surface area contributed by atoms with Crippen molar-refractivity contribution in [3.05, 3.63) is 59.9 Å². The molecule has 0 aliphatic rings. The Labute approximate surface area is 141 Å². The molecule has 24 heavy (non-hydrogen) atoms. The summed E-state index contributed by atoms with van der Waals surface area (Å²) in [6, 6.07) is 14.5. The molecule has 3 rings (SSSR count). The van der Waals surface area contributed by atoms with Gasteiger partial charge in [-0.05, 0) is 29.8 Å². The number of benzene rings is 2. The smallest absolute Gasteiger partial charge is 0.242 e. The first-order valence-electron chi connectivity index (χ1n) is 7.50. The molecule has 6 nitrogen and oxygen atoms in total. The van der Waals surface area contributed by atoms with E-state index in [1.807, 2.05) is 34.9 Å². The summed E-state index contributed by atoms with van der Waals surface area (Å²) >= 11 is 0. The number of aliphatic hydroxyl groups excluding tert-OH is 1. The number of imidazole rings is 1. The van der Waals surface area contributed by atoms with E-state index in [9.17, 15) is 13.5 Å². The fourth-order valence-corrected chi connectivity index (χ4v) is 3.59. The molecular formula is C17H19N3O3S. The lowest BCUT2D eigenvalue weighted by molar-refractivity contribution is 0.267. The number of aromatic nitrogens is 2. The molecule has 0 aliphatic carbocycles. The van der Waals surface area contributed by atoms with Gasteiger partial charge in [0.2, 0.25) is 10.0 Å².